The molecule has 0 aliphatic rings. The highest BCUT2D eigenvalue weighted by molar-refractivity contribution is 5.96. The van der Waals surface area contributed by atoms with E-state index in [0.29, 0.717) is 5.56 Å². The molecule has 0 saturated heterocycles. The van der Waals surface area contributed by atoms with Gasteiger partial charge in [0.15, 0.2) is 0 Å². The molecular weight excluding hydrogens is 228 g/mol. The lowest BCUT2D eigenvalue weighted by Gasteiger charge is -2.22. The highest BCUT2D eigenvalue weighted by Gasteiger charge is 2.19. The summed E-state index contributed by atoms with van der Waals surface area (Å²) in [5.41, 5.74) is 9.45. The highest BCUT2D eigenvalue weighted by atomic mass is 16.1. The number of nitrogens with zero attached hydrogens (tertiary/aromatic N) is 3. The molecule has 0 aliphatic heterocycles. The minimum absolute atomic E-state index is 0.155. The summed E-state index contributed by atoms with van der Waals surface area (Å²) in [6.45, 7) is 7.53. The predicted octanol–water partition coefficient (Wildman–Crippen LogP) is 3.59. The van der Waals surface area contributed by atoms with Crippen molar-refractivity contribution in [2.45, 2.75) is 39.3 Å². The zero-order chi connectivity index (χ0) is 13.8. The Bertz CT molecular complexity index is 484. The topological polar surface area (TPSA) is 77.9 Å². The summed E-state index contributed by atoms with van der Waals surface area (Å²) >= 11 is 0. The predicted molar refractivity (Wildman–Crippen MR) is 71.2 cm³/mol. The normalized spacial score (nSPS) is 12.4. The average Bonchev–Trinajstić information content (AvgIpc) is 2.27. The molecule has 1 aromatic rings. The van der Waals surface area contributed by atoms with Crippen LogP contribution in [0.15, 0.2) is 29.4 Å². The van der Waals surface area contributed by atoms with Gasteiger partial charge in [-0.25, -0.2) is 0 Å². The maximum absolute atomic E-state index is 12.1. The van der Waals surface area contributed by atoms with Gasteiger partial charge in [-0.2, -0.15) is 0 Å². The van der Waals surface area contributed by atoms with Crippen LogP contribution in [0.2, 0.25) is 0 Å². The number of benzene rings is 1. The molecule has 1 amide bonds. The van der Waals surface area contributed by atoms with E-state index < -0.39 is 0 Å². The fourth-order valence-corrected chi connectivity index (χ4v) is 1.62. The van der Waals surface area contributed by atoms with Gasteiger partial charge in [-0.3, -0.25) is 4.79 Å². The smallest absolute Gasteiger partial charge is 0.251 e. The van der Waals surface area contributed by atoms with Gasteiger partial charge in [-0.05, 0) is 37.9 Å². The van der Waals surface area contributed by atoms with Crippen LogP contribution in [0, 0.1) is 0 Å². The lowest BCUT2D eigenvalue weighted by Crippen LogP contribution is -2.41. The first-order chi connectivity index (χ1) is 8.35. The molecule has 18 heavy (non-hydrogen) atoms. The Labute approximate surface area is 107 Å². The minimum atomic E-state index is -0.364. The van der Waals surface area contributed by atoms with E-state index in [0.717, 1.165) is 5.56 Å². The molecular formula is C13H18N4O. The molecule has 0 fully saturated rings. The molecule has 0 bridgehead atoms. The molecule has 1 rings (SSSR count). The third kappa shape index (κ3) is 3.79. The standard InChI is InChI=1S/C13H18N4O/c1-9(16-17-14)10-7-5-6-8-11(10)12(18)15-13(2,3)4/h5-9H,1-4H3,(H,15,18). The first-order valence-corrected chi connectivity index (χ1v) is 5.81. The van der Waals surface area contributed by atoms with Crippen molar-refractivity contribution in [1.82, 2.24) is 5.32 Å². The number of amides is 1. The van der Waals surface area contributed by atoms with Crippen molar-refractivity contribution >= 4 is 5.91 Å². The van der Waals surface area contributed by atoms with Crippen LogP contribution in [0.5, 0.6) is 0 Å². The quantitative estimate of drug-likeness (QED) is 0.493. The fraction of sp³-hybridized carbons (Fsp3) is 0.462. The van der Waals surface area contributed by atoms with E-state index in [1.165, 1.54) is 0 Å². The SMILES string of the molecule is CC(N=[N+]=[N-])c1ccccc1C(=O)NC(C)(C)C. The van der Waals surface area contributed by atoms with Gasteiger partial charge >= 0.3 is 0 Å². The van der Waals surface area contributed by atoms with Gasteiger partial charge in [0.05, 0.1) is 6.04 Å². The molecule has 1 atom stereocenters. The van der Waals surface area contributed by atoms with Gasteiger partial charge in [0.25, 0.3) is 5.91 Å². The largest absolute Gasteiger partial charge is 0.347 e. The summed E-state index contributed by atoms with van der Waals surface area (Å²) in [7, 11) is 0. The molecule has 1 N–H and O–H groups in total. The monoisotopic (exact) mass is 246 g/mol. The molecule has 0 saturated carbocycles. The van der Waals surface area contributed by atoms with E-state index in [9.17, 15) is 4.79 Å². The molecule has 0 heterocycles. The van der Waals surface area contributed by atoms with Crippen molar-refractivity contribution in [2.75, 3.05) is 0 Å². The average molecular weight is 246 g/mol. The zero-order valence-electron chi connectivity index (χ0n) is 11.1. The number of carbonyl (C=O) groups is 1. The Morgan fingerprint density at radius 2 is 2.00 bits per heavy atom. The van der Waals surface area contributed by atoms with Gasteiger partial charge in [0.2, 0.25) is 0 Å². The molecule has 0 radical (unpaired) electrons. The molecule has 5 nitrogen and oxygen atoms in total. The summed E-state index contributed by atoms with van der Waals surface area (Å²) in [6.07, 6.45) is 0. The second-order valence-electron chi connectivity index (χ2n) is 5.17. The van der Waals surface area contributed by atoms with Crippen molar-refractivity contribution < 1.29 is 4.79 Å². The molecule has 5 heteroatoms. The molecule has 0 aliphatic carbocycles. The van der Waals surface area contributed by atoms with Crippen LogP contribution < -0.4 is 5.32 Å². The van der Waals surface area contributed by atoms with Gasteiger partial charge in [0, 0.05) is 16.0 Å². The summed E-state index contributed by atoms with van der Waals surface area (Å²) in [5.74, 6) is -0.155. The number of azide groups is 1. The van der Waals surface area contributed by atoms with Gasteiger partial charge < -0.3 is 5.32 Å². The Morgan fingerprint density at radius 1 is 1.39 bits per heavy atom. The van der Waals surface area contributed by atoms with E-state index in [4.69, 9.17) is 5.53 Å². The maximum atomic E-state index is 12.1. The second kappa shape index (κ2) is 5.56. The van der Waals surface area contributed by atoms with Gasteiger partial charge in [0.1, 0.15) is 0 Å². The van der Waals surface area contributed by atoms with Crippen molar-refractivity contribution in [3.63, 3.8) is 0 Å². The summed E-state index contributed by atoms with van der Waals surface area (Å²) in [4.78, 5) is 14.9. The van der Waals surface area contributed by atoms with Gasteiger partial charge in [-0.1, -0.05) is 30.2 Å². The lowest BCUT2D eigenvalue weighted by molar-refractivity contribution is 0.0918. The summed E-state index contributed by atoms with van der Waals surface area (Å²) in [6, 6.07) is 6.80. The summed E-state index contributed by atoms with van der Waals surface area (Å²) < 4.78 is 0. The van der Waals surface area contributed by atoms with Crippen LogP contribution >= 0.6 is 0 Å². The summed E-state index contributed by atoms with van der Waals surface area (Å²) in [5, 5.41) is 6.53. The van der Waals surface area contributed by atoms with E-state index in [1.807, 2.05) is 26.8 Å². The van der Waals surface area contributed by atoms with Crippen molar-refractivity contribution in [1.29, 1.82) is 0 Å². The highest BCUT2D eigenvalue weighted by Crippen LogP contribution is 2.21. The number of hydrogen-bond acceptors (Lipinski definition) is 2. The molecule has 0 aromatic heterocycles. The number of carbonyl (C=O) groups excluding carboxylic acids is 1. The van der Waals surface area contributed by atoms with Crippen molar-refractivity contribution in [3.8, 4) is 0 Å². The zero-order valence-corrected chi connectivity index (χ0v) is 11.1. The Morgan fingerprint density at radius 3 is 2.56 bits per heavy atom. The first-order valence-electron chi connectivity index (χ1n) is 5.81. The maximum Gasteiger partial charge on any atom is 0.251 e. The first kappa shape index (κ1) is 14.1. The Kier molecular flexibility index (Phi) is 4.34. The van der Waals surface area contributed by atoms with Crippen LogP contribution in [0.1, 0.15) is 49.7 Å². The number of hydrogen-bond donors (Lipinski definition) is 1. The Balaban J connectivity index is 3.09. The van der Waals surface area contributed by atoms with E-state index in [2.05, 4.69) is 15.3 Å². The Hall–Kier alpha value is -2.00. The second-order valence-corrected chi connectivity index (χ2v) is 5.17. The third-order valence-corrected chi connectivity index (χ3v) is 2.37. The van der Waals surface area contributed by atoms with Crippen LogP contribution in [0.25, 0.3) is 10.4 Å². The molecule has 0 spiro atoms. The van der Waals surface area contributed by atoms with Crippen molar-refractivity contribution in [2.24, 2.45) is 5.11 Å². The van der Waals surface area contributed by atoms with Crippen LogP contribution in [0.3, 0.4) is 0 Å². The lowest BCUT2D eigenvalue weighted by atomic mass is 10.00. The van der Waals surface area contributed by atoms with E-state index in [1.54, 1.807) is 25.1 Å². The molecule has 1 aromatic carbocycles. The van der Waals surface area contributed by atoms with Gasteiger partial charge in [-0.15, -0.1) is 0 Å². The van der Waals surface area contributed by atoms with Crippen LogP contribution in [0.4, 0.5) is 0 Å². The molecule has 1 unspecified atom stereocenters. The minimum Gasteiger partial charge on any atom is -0.347 e. The van der Waals surface area contributed by atoms with Crippen LogP contribution in [-0.2, 0) is 0 Å². The third-order valence-electron chi connectivity index (χ3n) is 2.37. The van der Waals surface area contributed by atoms with Crippen molar-refractivity contribution in [3.05, 3.63) is 45.8 Å². The molecule has 96 valence electrons. The fourth-order valence-electron chi connectivity index (χ4n) is 1.62. The number of nitrogens with one attached hydrogen (secondary N) is 1. The van der Waals surface area contributed by atoms with Crippen LogP contribution in [-0.4, -0.2) is 11.4 Å². The van der Waals surface area contributed by atoms with E-state index in [-0.39, 0.29) is 17.5 Å². The number of rotatable bonds is 3. The van der Waals surface area contributed by atoms with E-state index >= 15 is 0 Å².